The topological polar surface area (TPSA) is 53.0 Å². The predicted octanol–water partition coefficient (Wildman–Crippen LogP) is 5.60. The van der Waals surface area contributed by atoms with E-state index in [2.05, 4.69) is 0 Å². The van der Waals surface area contributed by atoms with Gasteiger partial charge >= 0.3 is 0 Å². The van der Waals surface area contributed by atoms with Crippen LogP contribution in [0.1, 0.15) is 5.56 Å². The lowest BCUT2D eigenvalue weighted by molar-refractivity contribution is 0.536. The maximum absolute atomic E-state index is 13.4. The van der Waals surface area contributed by atoms with Gasteiger partial charge in [0.2, 0.25) is 0 Å². The lowest BCUT2D eigenvalue weighted by Gasteiger charge is -2.13. The van der Waals surface area contributed by atoms with Gasteiger partial charge in [-0.25, -0.2) is 9.37 Å². The van der Waals surface area contributed by atoms with Crippen molar-refractivity contribution in [3.05, 3.63) is 102 Å². The Kier molecular flexibility index (Phi) is 5.60. The lowest BCUT2D eigenvalue weighted by atomic mass is 9.97. The van der Waals surface area contributed by atoms with Crippen LogP contribution in [0.5, 0.6) is 0 Å². The van der Waals surface area contributed by atoms with Crippen LogP contribution in [0, 0.1) is 5.82 Å². The fourth-order valence-corrected chi connectivity index (χ4v) is 3.67. The largest absolute Gasteiger partial charge is 0.772 e. The first-order valence-corrected chi connectivity index (χ1v) is 10.3. The van der Waals surface area contributed by atoms with E-state index >= 15 is 0 Å². The summed E-state index contributed by atoms with van der Waals surface area (Å²) in [7, 11) is 0. The highest BCUT2D eigenvalue weighted by Crippen LogP contribution is 2.33. The molecular weight excluding hydrogens is 385 g/mol. The van der Waals surface area contributed by atoms with Crippen molar-refractivity contribution in [2.75, 3.05) is 0 Å². The summed E-state index contributed by atoms with van der Waals surface area (Å²) in [5.41, 5.74) is 5.90. The maximum atomic E-state index is 13.4. The second kappa shape index (κ2) is 8.47. The molecule has 0 saturated heterocycles. The molecule has 0 aliphatic heterocycles. The molecule has 1 atom stereocenters. The predicted molar refractivity (Wildman–Crippen MR) is 113 cm³/mol. The Morgan fingerprint density at radius 3 is 2.07 bits per heavy atom. The molecule has 5 heteroatoms. The molecule has 4 rings (SSSR count). The molecule has 0 fully saturated rings. The van der Waals surface area contributed by atoms with Crippen LogP contribution in [-0.4, -0.2) is 13.7 Å². The third-order valence-electron chi connectivity index (χ3n) is 4.63. The van der Waals surface area contributed by atoms with Crippen LogP contribution in [0.2, 0.25) is 0 Å². The van der Waals surface area contributed by atoms with E-state index in [1.807, 2.05) is 54.6 Å². The normalized spacial score (nSPS) is 11.9. The third-order valence-corrected chi connectivity index (χ3v) is 5.20. The van der Waals surface area contributed by atoms with Gasteiger partial charge in [0.15, 0.2) is 0 Å². The molecule has 0 N–H and O–H groups in total. The van der Waals surface area contributed by atoms with Crippen molar-refractivity contribution in [1.82, 2.24) is 4.98 Å². The first-order chi connectivity index (χ1) is 14.1. The Bertz CT molecular complexity index is 1140. The highest BCUT2D eigenvalue weighted by atomic mass is 32.2. The van der Waals surface area contributed by atoms with E-state index in [4.69, 9.17) is 4.98 Å². The zero-order valence-corrected chi connectivity index (χ0v) is 16.2. The molecular formula is C24H17FNO2S-. The molecule has 0 amide bonds. The summed E-state index contributed by atoms with van der Waals surface area (Å²) in [5.74, 6) is -0.319. The molecule has 0 aliphatic rings. The van der Waals surface area contributed by atoms with Gasteiger partial charge in [0.05, 0.1) is 11.4 Å². The van der Waals surface area contributed by atoms with Crippen molar-refractivity contribution in [2.45, 2.75) is 5.75 Å². The molecule has 3 aromatic carbocycles. The second-order valence-electron chi connectivity index (χ2n) is 6.61. The zero-order chi connectivity index (χ0) is 20.2. The van der Waals surface area contributed by atoms with Crippen molar-refractivity contribution in [3.63, 3.8) is 0 Å². The average Bonchev–Trinajstić information content (AvgIpc) is 2.75. The van der Waals surface area contributed by atoms with Crippen LogP contribution in [-0.2, 0) is 16.8 Å². The van der Waals surface area contributed by atoms with Crippen molar-refractivity contribution in [3.8, 4) is 33.6 Å². The van der Waals surface area contributed by atoms with E-state index in [0.717, 1.165) is 39.2 Å². The van der Waals surface area contributed by atoms with Crippen LogP contribution in [0.15, 0.2) is 91.0 Å². The molecule has 144 valence electrons. The van der Waals surface area contributed by atoms with E-state index in [-0.39, 0.29) is 11.6 Å². The SMILES string of the molecule is O=S([O-])Cc1ccc(-c2ccc(-c3ccccc3)nc2-c2ccc(F)cc2)cc1. The summed E-state index contributed by atoms with van der Waals surface area (Å²) in [4.78, 5) is 4.87. The molecule has 1 aromatic heterocycles. The van der Waals surface area contributed by atoms with Crippen LogP contribution in [0.3, 0.4) is 0 Å². The molecule has 29 heavy (non-hydrogen) atoms. The minimum Gasteiger partial charge on any atom is -0.772 e. The van der Waals surface area contributed by atoms with E-state index in [1.165, 1.54) is 12.1 Å². The molecule has 3 nitrogen and oxygen atoms in total. The van der Waals surface area contributed by atoms with E-state index < -0.39 is 11.1 Å². The fourth-order valence-electron chi connectivity index (χ4n) is 3.21. The molecule has 0 radical (unpaired) electrons. The lowest BCUT2D eigenvalue weighted by Crippen LogP contribution is -1.95. The quantitative estimate of drug-likeness (QED) is 0.408. The standard InChI is InChI=1S/C24H18FNO2S/c25-21-12-10-20(11-13-21)24-22(18-8-6-17(7-9-18)16-29(27)28)14-15-23(26-24)19-4-2-1-3-5-19/h1-15H,16H2,(H,27,28)/p-1. The zero-order valence-electron chi connectivity index (χ0n) is 15.4. The first-order valence-electron chi connectivity index (χ1n) is 9.08. The third kappa shape index (κ3) is 4.47. The molecule has 4 aromatic rings. The molecule has 0 aliphatic carbocycles. The number of pyridine rings is 1. The number of benzene rings is 3. The van der Waals surface area contributed by atoms with Gasteiger partial charge < -0.3 is 4.55 Å². The van der Waals surface area contributed by atoms with Crippen molar-refractivity contribution >= 4 is 11.1 Å². The van der Waals surface area contributed by atoms with Gasteiger partial charge in [-0.05, 0) is 41.5 Å². The van der Waals surface area contributed by atoms with Crippen LogP contribution >= 0.6 is 0 Å². The summed E-state index contributed by atoms with van der Waals surface area (Å²) < 4.78 is 35.3. The Balaban J connectivity index is 1.82. The second-order valence-corrected chi connectivity index (χ2v) is 7.51. The Labute approximate surface area is 171 Å². The number of aromatic nitrogens is 1. The first kappa shape index (κ1) is 19.2. The van der Waals surface area contributed by atoms with Crippen LogP contribution < -0.4 is 0 Å². The summed E-state index contributed by atoms with van der Waals surface area (Å²) in [6, 6.07) is 27.4. The van der Waals surface area contributed by atoms with Gasteiger partial charge in [-0.3, -0.25) is 4.21 Å². The monoisotopic (exact) mass is 402 g/mol. The summed E-state index contributed by atoms with van der Waals surface area (Å²) in [5, 5.41) is 0. The van der Waals surface area contributed by atoms with Crippen molar-refractivity contribution in [2.24, 2.45) is 0 Å². The van der Waals surface area contributed by atoms with Crippen molar-refractivity contribution < 1.29 is 13.2 Å². The molecule has 0 bridgehead atoms. The molecule has 0 spiro atoms. The maximum Gasteiger partial charge on any atom is 0.123 e. The van der Waals surface area contributed by atoms with Crippen LogP contribution in [0.25, 0.3) is 33.6 Å². The highest BCUT2D eigenvalue weighted by molar-refractivity contribution is 7.78. The molecule has 1 heterocycles. The Morgan fingerprint density at radius 2 is 1.41 bits per heavy atom. The number of nitrogens with zero attached hydrogens (tertiary/aromatic N) is 1. The number of hydrogen-bond acceptors (Lipinski definition) is 3. The van der Waals surface area contributed by atoms with Gasteiger partial charge in [0.25, 0.3) is 0 Å². The number of hydrogen-bond donors (Lipinski definition) is 0. The van der Waals surface area contributed by atoms with E-state index in [0.29, 0.717) is 0 Å². The van der Waals surface area contributed by atoms with Gasteiger partial charge in [-0.2, -0.15) is 0 Å². The van der Waals surface area contributed by atoms with Crippen molar-refractivity contribution in [1.29, 1.82) is 0 Å². The van der Waals surface area contributed by atoms with Gasteiger partial charge in [-0.1, -0.05) is 71.7 Å². The van der Waals surface area contributed by atoms with Gasteiger partial charge in [-0.15, -0.1) is 0 Å². The number of rotatable bonds is 5. The minimum absolute atomic E-state index is 0.0176. The van der Waals surface area contributed by atoms with Gasteiger partial charge in [0, 0.05) is 22.4 Å². The molecule has 1 unspecified atom stereocenters. The molecule has 0 saturated carbocycles. The Hall–Kier alpha value is -3.15. The smallest absolute Gasteiger partial charge is 0.123 e. The highest BCUT2D eigenvalue weighted by Gasteiger charge is 2.12. The fraction of sp³-hybridized carbons (Fsp3) is 0.0417. The van der Waals surface area contributed by atoms with E-state index in [1.54, 1.807) is 24.3 Å². The van der Waals surface area contributed by atoms with Crippen LogP contribution in [0.4, 0.5) is 4.39 Å². The summed E-state index contributed by atoms with van der Waals surface area (Å²) in [6.45, 7) is 0. The summed E-state index contributed by atoms with van der Waals surface area (Å²) >= 11 is -2.13. The van der Waals surface area contributed by atoms with Gasteiger partial charge in [0.1, 0.15) is 5.82 Å². The Morgan fingerprint density at radius 1 is 0.759 bits per heavy atom. The number of halogens is 1. The van der Waals surface area contributed by atoms with E-state index in [9.17, 15) is 13.2 Å². The summed E-state index contributed by atoms with van der Waals surface area (Å²) in [6.07, 6.45) is 0. The average molecular weight is 402 g/mol. The minimum atomic E-state index is -2.13.